The van der Waals surface area contributed by atoms with Crippen LogP contribution in [0.15, 0.2) is 61.2 Å². The molecule has 0 atom stereocenters. The fraction of sp³-hybridized carbons (Fsp3) is 0.0909. The van der Waals surface area contributed by atoms with E-state index < -0.39 is 0 Å². The molecule has 146 valence electrons. The van der Waals surface area contributed by atoms with E-state index in [0.29, 0.717) is 10.8 Å². The first kappa shape index (κ1) is 26.1. The Bertz CT molecular complexity index is 1050. The zero-order valence-corrected chi connectivity index (χ0v) is 18.3. The second-order valence-corrected chi connectivity index (χ2v) is 6.12. The molecule has 3 N–H and O–H groups in total. The van der Waals surface area contributed by atoms with Gasteiger partial charge in [0.1, 0.15) is 5.15 Å². The monoisotopic (exact) mass is 453 g/mol. The number of aryl methyl sites for hydroxylation is 2. The van der Waals surface area contributed by atoms with Gasteiger partial charge in [0.05, 0.1) is 11.0 Å². The smallest absolute Gasteiger partial charge is 0.344 e. The van der Waals surface area contributed by atoms with Crippen LogP contribution >= 0.6 is 24.0 Å². The Hall–Kier alpha value is -1.94. The molecule has 2 heterocycles. The van der Waals surface area contributed by atoms with E-state index in [1.165, 1.54) is 11.1 Å². The van der Waals surface area contributed by atoms with Gasteiger partial charge >= 0.3 is 17.1 Å². The van der Waals surface area contributed by atoms with Gasteiger partial charge in [-0.3, -0.25) is 4.98 Å². The van der Waals surface area contributed by atoms with E-state index in [-0.39, 0.29) is 35.6 Å². The minimum atomic E-state index is 0. The molecule has 0 fully saturated rings. The first-order valence-corrected chi connectivity index (χ1v) is 8.29. The van der Waals surface area contributed by atoms with Crippen LogP contribution in [0.3, 0.4) is 0 Å². The molecule has 0 amide bonds. The zero-order chi connectivity index (χ0) is 17.8. The standard InChI is InChI=1S/C14H8ClN2.C8H9.ClH.Fe.H3N/c1-2-11-7-5-9-3-4-10-6-8-12(15)17-14(10)13(9)16-11;1-7-4-3-5-8(2)6-7;;;/h3-8H,1H2;3-5H,1-2H3;1H;;1H3/q2*-1;;+2;. The van der Waals surface area contributed by atoms with E-state index in [1.54, 1.807) is 6.07 Å². The zero-order valence-electron chi connectivity index (χ0n) is 15.6. The average molecular weight is 454 g/mol. The number of nitrogens with zero attached hydrogens (tertiary/aromatic N) is 2. The van der Waals surface area contributed by atoms with Crippen molar-refractivity contribution in [2.24, 2.45) is 0 Å². The molecule has 28 heavy (non-hydrogen) atoms. The number of fused-ring (bicyclic) bond motifs is 3. The second-order valence-electron chi connectivity index (χ2n) is 5.73. The van der Waals surface area contributed by atoms with Crippen LogP contribution in [-0.4, -0.2) is 9.97 Å². The topological polar surface area (TPSA) is 60.8 Å². The molecule has 2 aromatic carbocycles. The van der Waals surface area contributed by atoms with Gasteiger partial charge in [-0.05, 0) is 17.5 Å². The minimum absolute atomic E-state index is 0. The van der Waals surface area contributed by atoms with E-state index in [9.17, 15) is 0 Å². The summed E-state index contributed by atoms with van der Waals surface area (Å²) < 4.78 is 0. The van der Waals surface area contributed by atoms with Gasteiger partial charge in [-0.25, -0.2) is 11.1 Å². The summed E-state index contributed by atoms with van der Waals surface area (Å²) in [6.07, 6.45) is 2.78. The van der Waals surface area contributed by atoms with E-state index in [0.717, 1.165) is 21.8 Å². The Morgan fingerprint density at radius 3 is 1.86 bits per heavy atom. The predicted molar refractivity (Wildman–Crippen MR) is 117 cm³/mol. The van der Waals surface area contributed by atoms with Crippen LogP contribution in [0.2, 0.25) is 5.15 Å². The summed E-state index contributed by atoms with van der Waals surface area (Å²) in [5.41, 5.74) is 4.78. The van der Waals surface area contributed by atoms with Crippen molar-refractivity contribution >= 4 is 45.8 Å². The molecule has 4 aromatic rings. The van der Waals surface area contributed by atoms with Gasteiger partial charge in [-0.1, -0.05) is 37.6 Å². The number of aromatic nitrogens is 2. The molecular formula is C22H21Cl2FeN3. The van der Waals surface area contributed by atoms with Gasteiger partial charge in [0.2, 0.25) is 0 Å². The summed E-state index contributed by atoms with van der Waals surface area (Å²) in [5.74, 6) is 0. The fourth-order valence-electron chi connectivity index (χ4n) is 2.57. The van der Waals surface area contributed by atoms with E-state index in [2.05, 4.69) is 28.7 Å². The Balaban J connectivity index is 0.000000574. The van der Waals surface area contributed by atoms with Crippen LogP contribution < -0.4 is 6.15 Å². The summed E-state index contributed by atoms with van der Waals surface area (Å²) in [6, 6.07) is 20.9. The molecule has 0 aliphatic rings. The Kier molecular flexibility index (Phi) is 11.0. The number of pyridine rings is 2. The van der Waals surface area contributed by atoms with Crippen molar-refractivity contribution in [1.29, 1.82) is 0 Å². The Labute approximate surface area is 187 Å². The molecule has 0 aliphatic heterocycles. The third kappa shape index (κ3) is 6.30. The maximum Gasteiger partial charge on any atom is 2.00 e. The second kappa shape index (κ2) is 11.8. The molecule has 2 aromatic heterocycles. The first-order valence-electron chi connectivity index (χ1n) is 7.91. The van der Waals surface area contributed by atoms with E-state index in [1.807, 2.05) is 62.4 Å². The van der Waals surface area contributed by atoms with Crippen LogP contribution in [0.4, 0.5) is 0 Å². The first-order chi connectivity index (χ1) is 12.1. The number of hydrogen-bond donors (Lipinski definition) is 1. The Morgan fingerprint density at radius 2 is 1.36 bits per heavy atom. The van der Waals surface area contributed by atoms with Gasteiger partial charge in [-0.15, -0.1) is 24.2 Å². The van der Waals surface area contributed by atoms with Crippen LogP contribution in [0.25, 0.3) is 21.8 Å². The quantitative estimate of drug-likeness (QED) is 0.156. The fourth-order valence-corrected chi connectivity index (χ4v) is 2.72. The summed E-state index contributed by atoms with van der Waals surface area (Å²) in [4.78, 5) is 8.80. The minimum Gasteiger partial charge on any atom is -0.344 e. The summed E-state index contributed by atoms with van der Waals surface area (Å²) in [6.45, 7) is 7.70. The molecule has 0 saturated heterocycles. The summed E-state index contributed by atoms with van der Waals surface area (Å²) in [7, 11) is 0. The molecule has 0 bridgehead atoms. The molecule has 0 spiro atoms. The van der Waals surface area contributed by atoms with Crippen LogP contribution in [-0.2, 0) is 17.1 Å². The number of halogens is 2. The van der Waals surface area contributed by atoms with Crippen LogP contribution in [0.5, 0.6) is 0 Å². The third-order valence-electron chi connectivity index (χ3n) is 3.75. The van der Waals surface area contributed by atoms with Crippen molar-refractivity contribution < 1.29 is 17.1 Å². The molecule has 0 saturated carbocycles. The van der Waals surface area contributed by atoms with Crippen LogP contribution in [0.1, 0.15) is 16.8 Å². The number of hydrogen-bond acceptors (Lipinski definition) is 3. The predicted octanol–water partition coefficient (Wildman–Crippen LogP) is 6.46. The van der Waals surface area contributed by atoms with Crippen molar-refractivity contribution in [3.05, 3.63) is 95.3 Å². The van der Waals surface area contributed by atoms with Gasteiger partial charge < -0.3 is 6.15 Å². The third-order valence-corrected chi connectivity index (χ3v) is 3.96. The maximum atomic E-state index is 5.93. The van der Waals surface area contributed by atoms with Crippen molar-refractivity contribution in [1.82, 2.24) is 16.1 Å². The normalized spacial score (nSPS) is 9.25. The van der Waals surface area contributed by atoms with Crippen molar-refractivity contribution in [3.63, 3.8) is 0 Å². The van der Waals surface area contributed by atoms with Gasteiger partial charge in [-0.2, -0.15) is 48.0 Å². The summed E-state index contributed by atoms with van der Waals surface area (Å²) >= 11 is 5.93. The van der Waals surface area contributed by atoms with Crippen LogP contribution in [0, 0.1) is 26.0 Å². The van der Waals surface area contributed by atoms with Crippen molar-refractivity contribution in [2.75, 3.05) is 0 Å². The largest absolute Gasteiger partial charge is 2.00 e. The van der Waals surface area contributed by atoms with Gasteiger partial charge in [0.25, 0.3) is 0 Å². The Morgan fingerprint density at radius 1 is 0.857 bits per heavy atom. The van der Waals surface area contributed by atoms with Crippen molar-refractivity contribution in [2.45, 2.75) is 13.8 Å². The molecule has 0 aliphatic carbocycles. The molecule has 0 radical (unpaired) electrons. The molecule has 0 unspecified atom stereocenters. The maximum absolute atomic E-state index is 5.93. The number of benzene rings is 2. The summed E-state index contributed by atoms with van der Waals surface area (Å²) in [5, 5.41) is 2.53. The molecule has 3 nitrogen and oxygen atoms in total. The SMILES string of the molecule is C=[C-]c1ccc2ccc3ccc(Cl)nc3c2n1.Cc1[c-]c(C)ccc1.Cl.N.[Fe+2]. The molecular weight excluding hydrogens is 433 g/mol. The van der Waals surface area contributed by atoms with Gasteiger partial charge in [0.15, 0.2) is 0 Å². The van der Waals surface area contributed by atoms with E-state index in [4.69, 9.17) is 11.6 Å². The number of rotatable bonds is 1. The molecule has 6 heteroatoms. The van der Waals surface area contributed by atoms with Crippen molar-refractivity contribution in [3.8, 4) is 0 Å². The average Bonchev–Trinajstić information content (AvgIpc) is 2.61. The van der Waals surface area contributed by atoms with E-state index >= 15 is 0 Å². The molecule has 4 rings (SSSR count). The van der Waals surface area contributed by atoms with Gasteiger partial charge in [0, 0.05) is 5.39 Å².